The molecule has 7 nitrogen and oxygen atoms in total. The van der Waals surface area contributed by atoms with Gasteiger partial charge in [-0.25, -0.2) is 4.79 Å². The van der Waals surface area contributed by atoms with Gasteiger partial charge in [-0.2, -0.15) is 0 Å². The molecule has 0 aliphatic heterocycles. The molecular formula is C14H16O7. The van der Waals surface area contributed by atoms with Crippen molar-refractivity contribution in [3.8, 4) is 0 Å². The molecule has 0 aliphatic carbocycles. The lowest BCUT2D eigenvalue weighted by atomic mass is 9.96. The number of carbonyl (C=O) groups is 3. The minimum absolute atomic E-state index is 1.14. The van der Waals surface area contributed by atoms with Crippen LogP contribution in [0.25, 0.3) is 6.08 Å². The standard InChI is InChI=1S/C8H8.C6H8O7/c1-2-8-6-4-3-5-7-8;7-3(8)1-6(13,5(11)12)2-4(9)10/h2-7H,1H2;13H,1-2H2,(H,7,8)(H,9,10)(H,11,12). The largest absolute Gasteiger partial charge is 0.481 e. The normalized spacial score (nSPS) is 9.95. The number of aliphatic carboxylic acids is 3. The van der Waals surface area contributed by atoms with E-state index >= 15 is 0 Å². The Hall–Kier alpha value is -2.67. The molecule has 0 aromatic heterocycles. The van der Waals surface area contributed by atoms with E-state index in [1.165, 1.54) is 5.56 Å². The summed E-state index contributed by atoms with van der Waals surface area (Å²) in [5.41, 5.74) is -1.56. The van der Waals surface area contributed by atoms with E-state index in [9.17, 15) is 14.4 Å². The number of carboxylic acid groups (broad SMARTS) is 3. The molecule has 1 rings (SSSR count). The topological polar surface area (TPSA) is 132 Å². The van der Waals surface area contributed by atoms with Gasteiger partial charge in [-0.3, -0.25) is 9.59 Å². The summed E-state index contributed by atoms with van der Waals surface area (Å²) >= 11 is 0. The van der Waals surface area contributed by atoms with E-state index in [1.807, 2.05) is 36.4 Å². The fourth-order valence-corrected chi connectivity index (χ4v) is 1.30. The molecule has 0 spiro atoms. The van der Waals surface area contributed by atoms with Crippen LogP contribution in [0.4, 0.5) is 0 Å². The molecule has 21 heavy (non-hydrogen) atoms. The number of rotatable bonds is 6. The third-order valence-electron chi connectivity index (χ3n) is 2.32. The second-order valence-electron chi connectivity index (χ2n) is 4.09. The lowest BCUT2D eigenvalue weighted by Gasteiger charge is -2.18. The van der Waals surface area contributed by atoms with Crippen LogP contribution >= 0.6 is 0 Å². The fourth-order valence-electron chi connectivity index (χ4n) is 1.30. The zero-order valence-corrected chi connectivity index (χ0v) is 11.1. The van der Waals surface area contributed by atoms with E-state index < -0.39 is 36.4 Å². The molecule has 0 atom stereocenters. The number of benzene rings is 1. The molecule has 0 unspecified atom stereocenters. The maximum absolute atomic E-state index is 10.3. The first-order chi connectivity index (χ1) is 9.71. The lowest BCUT2D eigenvalue weighted by Crippen LogP contribution is -2.42. The van der Waals surface area contributed by atoms with E-state index in [-0.39, 0.29) is 0 Å². The van der Waals surface area contributed by atoms with Crippen LogP contribution in [0, 0.1) is 0 Å². The Morgan fingerprint density at radius 1 is 1.00 bits per heavy atom. The van der Waals surface area contributed by atoms with Gasteiger partial charge in [0.25, 0.3) is 0 Å². The van der Waals surface area contributed by atoms with Crippen molar-refractivity contribution in [2.24, 2.45) is 0 Å². The molecule has 0 amide bonds. The first-order valence-corrected chi connectivity index (χ1v) is 5.78. The Balaban J connectivity index is 0.000000423. The van der Waals surface area contributed by atoms with Crippen LogP contribution in [0.1, 0.15) is 18.4 Å². The summed E-state index contributed by atoms with van der Waals surface area (Å²) in [5.74, 6) is -5.02. The van der Waals surface area contributed by atoms with Crippen molar-refractivity contribution < 1.29 is 34.8 Å². The summed E-state index contributed by atoms with van der Waals surface area (Å²) in [4.78, 5) is 30.5. The maximum atomic E-state index is 10.3. The van der Waals surface area contributed by atoms with Gasteiger partial charge in [0.15, 0.2) is 5.60 Å². The van der Waals surface area contributed by atoms with Gasteiger partial charge < -0.3 is 20.4 Å². The maximum Gasteiger partial charge on any atom is 0.336 e. The quantitative estimate of drug-likeness (QED) is 0.617. The summed E-state index contributed by atoms with van der Waals surface area (Å²) in [7, 11) is 0. The minimum atomic E-state index is -2.74. The first-order valence-electron chi connectivity index (χ1n) is 5.78. The lowest BCUT2D eigenvalue weighted by molar-refractivity contribution is -0.170. The predicted octanol–water partition coefficient (Wildman–Crippen LogP) is 1.08. The van der Waals surface area contributed by atoms with Crippen molar-refractivity contribution >= 4 is 24.0 Å². The SMILES string of the molecule is C=Cc1ccccc1.O=C(O)CC(O)(CC(=O)O)C(=O)O. The summed E-state index contributed by atoms with van der Waals surface area (Å²) in [5, 5.41) is 33.8. The highest BCUT2D eigenvalue weighted by Gasteiger charge is 2.40. The van der Waals surface area contributed by atoms with Gasteiger partial charge in [0, 0.05) is 0 Å². The molecule has 0 bridgehead atoms. The average molecular weight is 296 g/mol. The third kappa shape index (κ3) is 7.48. The zero-order chi connectivity index (χ0) is 16.5. The van der Waals surface area contributed by atoms with Gasteiger partial charge in [0.05, 0.1) is 12.8 Å². The highest BCUT2D eigenvalue weighted by Crippen LogP contribution is 2.15. The summed E-state index contributed by atoms with van der Waals surface area (Å²) in [6.07, 6.45) is -0.455. The Morgan fingerprint density at radius 2 is 1.43 bits per heavy atom. The zero-order valence-electron chi connectivity index (χ0n) is 11.1. The van der Waals surface area contributed by atoms with E-state index in [0.717, 1.165) is 0 Å². The molecule has 0 radical (unpaired) electrons. The highest BCUT2D eigenvalue weighted by molar-refractivity contribution is 5.88. The smallest absolute Gasteiger partial charge is 0.336 e. The van der Waals surface area contributed by atoms with Crippen molar-refractivity contribution in [1.82, 2.24) is 0 Å². The summed E-state index contributed by atoms with van der Waals surface area (Å²) < 4.78 is 0. The minimum Gasteiger partial charge on any atom is -0.481 e. The van der Waals surface area contributed by atoms with Gasteiger partial charge in [-0.05, 0) is 5.56 Å². The van der Waals surface area contributed by atoms with Gasteiger partial charge in [-0.15, -0.1) is 0 Å². The van der Waals surface area contributed by atoms with Crippen molar-refractivity contribution in [2.75, 3.05) is 0 Å². The molecule has 4 N–H and O–H groups in total. The van der Waals surface area contributed by atoms with Crippen LogP contribution < -0.4 is 0 Å². The van der Waals surface area contributed by atoms with Crippen molar-refractivity contribution in [2.45, 2.75) is 18.4 Å². The van der Waals surface area contributed by atoms with Crippen LogP contribution in [0.5, 0.6) is 0 Å². The number of hydrogen-bond acceptors (Lipinski definition) is 4. The average Bonchev–Trinajstić information content (AvgIpc) is 2.38. The van der Waals surface area contributed by atoms with E-state index in [0.29, 0.717) is 0 Å². The molecule has 0 heterocycles. The third-order valence-corrected chi connectivity index (χ3v) is 2.32. The van der Waals surface area contributed by atoms with Crippen molar-refractivity contribution in [3.63, 3.8) is 0 Å². The van der Waals surface area contributed by atoms with Gasteiger partial charge in [-0.1, -0.05) is 43.0 Å². The second kappa shape index (κ2) is 8.49. The number of carboxylic acids is 3. The summed E-state index contributed by atoms with van der Waals surface area (Å²) in [6.45, 7) is 3.63. The van der Waals surface area contributed by atoms with E-state index in [1.54, 1.807) is 0 Å². The Labute approximate surface area is 120 Å². The highest BCUT2D eigenvalue weighted by atomic mass is 16.4. The molecule has 0 fully saturated rings. The molecule has 1 aromatic carbocycles. The molecular weight excluding hydrogens is 280 g/mol. The molecule has 7 heteroatoms. The second-order valence-corrected chi connectivity index (χ2v) is 4.09. The van der Waals surface area contributed by atoms with Gasteiger partial charge in [0.2, 0.25) is 0 Å². The fraction of sp³-hybridized carbons (Fsp3) is 0.214. The first kappa shape index (κ1) is 18.3. The van der Waals surface area contributed by atoms with E-state index in [2.05, 4.69) is 6.58 Å². The molecule has 0 aliphatic rings. The molecule has 0 saturated heterocycles. The van der Waals surface area contributed by atoms with Crippen molar-refractivity contribution in [1.29, 1.82) is 0 Å². The van der Waals surface area contributed by atoms with Crippen LogP contribution in [0.3, 0.4) is 0 Å². The van der Waals surface area contributed by atoms with Crippen LogP contribution in [-0.2, 0) is 14.4 Å². The van der Waals surface area contributed by atoms with E-state index in [4.69, 9.17) is 20.4 Å². The molecule has 114 valence electrons. The number of hydrogen-bond donors (Lipinski definition) is 4. The Morgan fingerprint density at radius 3 is 1.67 bits per heavy atom. The molecule has 0 saturated carbocycles. The Kier molecular flexibility index (Phi) is 7.41. The van der Waals surface area contributed by atoms with Gasteiger partial charge >= 0.3 is 17.9 Å². The molecule has 1 aromatic rings. The predicted molar refractivity (Wildman–Crippen MR) is 73.6 cm³/mol. The van der Waals surface area contributed by atoms with Crippen LogP contribution in [0.2, 0.25) is 0 Å². The monoisotopic (exact) mass is 296 g/mol. The van der Waals surface area contributed by atoms with Crippen LogP contribution in [0.15, 0.2) is 36.9 Å². The van der Waals surface area contributed by atoms with Crippen molar-refractivity contribution in [3.05, 3.63) is 42.5 Å². The van der Waals surface area contributed by atoms with Crippen LogP contribution in [-0.4, -0.2) is 43.9 Å². The number of aliphatic hydroxyl groups is 1. The van der Waals surface area contributed by atoms with Gasteiger partial charge in [0.1, 0.15) is 0 Å². The summed E-state index contributed by atoms with van der Waals surface area (Å²) in [6, 6.07) is 10.0. The Bertz CT molecular complexity index is 491.